The number of nitrogens with zero attached hydrogens (tertiary/aromatic N) is 4. The molecule has 1 fully saturated rings. The van der Waals surface area contributed by atoms with Crippen LogP contribution in [0.25, 0.3) is 22.2 Å². The first-order valence-corrected chi connectivity index (χ1v) is 10.6. The number of methoxy groups -OCH3 is 1. The van der Waals surface area contributed by atoms with Gasteiger partial charge in [-0.1, -0.05) is 30.3 Å². The third-order valence-corrected chi connectivity index (χ3v) is 5.76. The monoisotopic (exact) mass is 441 g/mol. The van der Waals surface area contributed by atoms with Crippen molar-refractivity contribution in [3.8, 4) is 11.3 Å². The lowest BCUT2D eigenvalue weighted by atomic mass is 9.87. The summed E-state index contributed by atoms with van der Waals surface area (Å²) in [5.74, 6) is 0.848. The van der Waals surface area contributed by atoms with Gasteiger partial charge in [0.1, 0.15) is 12.0 Å². The van der Waals surface area contributed by atoms with Crippen LogP contribution >= 0.6 is 0 Å². The zero-order valence-corrected chi connectivity index (χ0v) is 18.0. The van der Waals surface area contributed by atoms with Gasteiger partial charge in [0.05, 0.1) is 23.9 Å². The number of fused-ring (bicyclic) bond motifs is 1. The van der Waals surface area contributed by atoms with Crippen LogP contribution in [0.3, 0.4) is 0 Å². The highest BCUT2D eigenvalue weighted by Crippen LogP contribution is 2.32. The van der Waals surface area contributed by atoms with Crippen molar-refractivity contribution in [2.75, 3.05) is 23.5 Å². The Morgan fingerprint density at radius 3 is 2.55 bits per heavy atom. The van der Waals surface area contributed by atoms with Crippen molar-refractivity contribution < 1.29 is 9.53 Å². The molecule has 0 unspecified atom stereocenters. The van der Waals surface area contributed by atoms with Crippen LogP contribution in [-0.2, 0) is 4.74 Å². The minimum absolute atomic E-state index is 0.231. The van der Waals surface area contributed by atoms with Gasteiger partial charge in [-0.15, -0.1) is 0 Å². The molecule has 0 spiro atoms. The lowest BCUT2D eigenvalue weighted by molar-refractivity contribution is 0.0600. The van der Waals surface area contributed by atoms with Crippen molar-refractivity contribution in [1.29, 1.82) is 0 Å². The Morgan fingerprint density at radius 1 is 1.00 bits per heavy atom. The van der Waals surface area contributed by atoms with Crippen LogP contribution in [0.2, 0.25) is 0 Å². The topological polar surface area (TPSA) is 128 Å². The van der Waals surface area contributed by atoms with Gasteiger partial charge in [0.15, 0.2) is 5.82 Å². The predicted octanol–water partition coefficient (Wildman–Crippen LogP) is 3.51. The van der Waals surface area contributed by atoms with Crippen LogP contribution in [0, 0.1) is 0 Å². The molecule has 0 saturated heterocycles. The molecule has 0 radical (unpaired) electrons. The molecule has 9 heteroatoms. The molecule has 0 amide bonds. The molecular formula is C24H23N7O2. The van der Waals surface area contributed by atoms with Crippen molar-refractivity contribution in [2.45, 2.75) is 24.9 Å². The number of esters is 1. The largest absolute Gasteiger partial charge is 0.465 e. The van der Waals surface area contributed by atoms with Crippen molar-refractivity contribution >= 4 is 34.3 Å². The highest BCUT2D eigenvalue weighted by Gasteiger charge is 2.30. The maximum atomic E-state index is 11.6. The van der Waals surface area contributed by atoms with Gasteiger partial charge in [-0.3, -0.25) is 0 Å². The molecule has 4 aromatic rings. The number of rotatable bonds is 6. The highest BCUT2D eigenvalue weighted by atomic mass is 16.5. The molecule has 1 aliphatic rings. The molecule has 2 heterocycles. The first kappa shape index (κ1) is 20.6. The van der Waals surface area contributed by atoms with E-state index in [4.69, 9.17) is 10.5 Å². The van der Waals surface area contributed by atoms with E-state index >= 15 is 0 Å². The van der Waals surface area contributed by atoms with Crippen molar-refractivity contribution in [3.05, 3.63) is 66.6 Å². The van der Waals surface area contributed by atoms with E-state index in [1.165, 1.54) is 13.4 Å². The molecule has 33 heavy (non-hydrogen) atoms. The average Bonchev–Trinajstić information content (AvgIpc) is 2.83. The van der Waals surface area contributed by atoms with Gasteiger partial charge in [0.2, 0.25) is 5.95 Å². The molecule has 0 bridgehead atoms. The number of nitrogen functional groups attached to an aromatic ring is 1. The van der Waals surface area contributed by atoms with Crippen LogP contribution in [0.4, 0.5) is 17.5 Å². The number of hydrogen-bond acceptors (Lipinski definition) is 9. The first-order valence-electron chi connectivity index (χ1n) is 10.6. The maximum Gasteiger partial charge on any atom is 0.337 e. The quantitative estimate of drug-likeness (QED) is 0.385. The van der Waals surface area contributed by atoms with E-state index in [1.54, 1.807) is 24.3 Å². The standard InChI is InChI=1S/C24H23N7O2/c1-33-23(32)15-8-6-14(7-9-15)21-20(25)22(28-13-27-21)29-17-10-18(11-17)30-24-26-12-16-4-2-3-5-19(16)31-24/h2-9,12-13,17-18H,10-11,25H2,1H3,(H,26,30,31)(H,27,28,29)/t17-,18-. The van der Waals surface area contributed by atoms with Crippen LogP contribution in [0.5, 0.6) is 0 Å². The summed E-state index contributed by atoms with van der Waals surface area (Å²) in [6.45, 7) is 0. The molecule has 1 aliphatic carbocycles. The molecule has 1 saturated carbocycles. The van der Waals surface area contributed by atoms with Crippen LogP contribution in [-0.4, -0.2) is 45.1 Å². The predicted molar refractivity (Wildman–Crippen MR) is 127 cm³/mol. The summed E-state index contributed by atoms with van der Waals surface area (Å²) in [6.07, 6.45) is 5.10. The second-order valence-electron chi connectivity index (χ2n) is 7.96. The Morgan fingerprint density at radius 2 is 1.76 bits per heavy atom. The third-order valence-electron chi connectivity index (χ3n) is 5.76. The summed E-state index contributed by atoms with van der Waals surface area (Å²) in [6, 6.07) is 15.4. The Kier molecular flexibility index (Phi) is 5.43. The zero-order chi connectivity index (χ0) is 22.8. The number of benzene rings is 2. The Balaban J connectivity index is 1.22. The zero-order valence-electron chi connectivity index (χ0n) is 18.0. The van der Waals surface area contributed by atoms with Gasteiger partial charge in [-0.25, -0.2) is 24.7 Å². The number of nitrogens with two attached hydrogens (primary N) is 1. The number of anilines is 3. The SMILES string of the molecule is COC(=O)c1ccc(-c2ncnc(N[C@H]3C[C@H](Nc4ncc5ccccc5n4)C3)c2N)cc1. The van der Waals surface area contributed by atoms with E-state index in [2.05, 4.69) is 30.6 Å². The smallest absolute Gasteiger partial charge is 0.337 e. The molecule has 0 atom stereocenters. The number of aromatic nitrogens is 4. The van der Waals surface area contributed by atoms with Gasteiger partial charge in [0, 0.05) is 29.2 Å². The summed E-state index contributed by atoms with van der Waals surface area (Å²) in [4.78, 5) is 29.3. The average molecular weight is 441 g/mol. The molecule has 2 aromatic heterocycles. The van der Waals surface area contributed by atoms with E-state index in [0.717, 1.165) is 29.3 Å². The number of nitrogens with one attached hydrogen (secondary N) is 2. The van der Waals surface area contributed by atoms with Crippen LogP contribution in [0.1, 0.15) is 23.2 Å². The normalized spacial score (nSPS) is 17.2. The lowest BCUT2D eigenvalue weighted by Gasteiger charge is -2.36. The number of hydrogen-bond donors (Lipinski definition) is 3. The van der Waals surface area contributed by atoms with Crippen molar-refractivity contribution in [2.24, 2.45) is 0 Å². The fourth-order valence-electron chi connectivity index (χ4n) is 3.89. The third kappa shape index (κ3) is 4.25. The number of carbonyl (C=O) groups is 1. The summed E-state index contributed by atoms with van der Waals surface area (Å²) >= 11 is 0. The molecule has 0 aliphatic heterocycles. The second-order valence-corrected chi connectivity index (χ2v) is 7.96. The van der Waals surface area contributed by atoms with Gasteiger partial charge in [-0.05, 0) is 31.0 Å². The Hall–Kier alpha value is -4.27. The molecule has 166 valence electrons. The summed E-state index contributed by atoms with van der Waals surface area (Å²) in [5, 5.41) is 7.82. The minimum Gasteiger partial charge on any atom is -0.465 e. The fourth-order valence-corrected chi connectivity index (χ4v) is 3.89. The number of carbonyl (C=O) groups excluding carboxylic acids is 1. The van der Waals surface area contributed by atoms with Gasteiger partial charge >= 0.3 is 5.97 Å². The van der Waals surface area contributed by atoms with Crippen molar-refractivity contribution in [3.63, 3.8) is 0 Å². The molecule has 5 rings (SSSR count). The first-order chi connectivity index (χ1) is 16.1. The molecule has 4 N–H and O–H groups in total. The fraction of sp³-hybridized carbons (Fsp3) is 0.208. The van der Waals surface area contributed by atoms with Crippen LogP contribution in [0.15, 0.2) is 61.1 Å². The van der Waals surface area contributed by atoms with E-state index in [9.17, 15) is 4.79 Å². The number of ether oxygens (including phenoxy) is 1. The van der Waals surface area contributed by atoms with Gasteiger partial charge in [-0.2, -0.15) is 0 Å². The van der Waals surface area contributed by atoms with Gasteiger partial charge < -0.3 is 21.1 Å². The maximum absolute atomic E-state index is 11.6. The van der Waals surface area contributed by atoms with Crippen LogP contribution < -0.4 is 16.4 Å². The van der Waals surface area contributed by atoms with Crippen molar-refractivity contribution in [1.82, 2.24) is 19.9 Å². The molecular weight excluding hydrogens is 418 g/mol. The molecule has 9 nitrogen and oxygen atoms in total. The summed E-state index contributed by atoms with van der Waals surface area (Å²) in [5.41, 5.74) is 9.63. The van der Waals surface area contributed by atoms with E-state index in [-0.39, 0.29) is 18.1 Å². The summed E-state index contributed by atoms with van der Waals surface area (Å²) in [7, 11) is 1.35. The van der Waals surface area contributed by atoms with E-state index in [0.29, 0.717) is 28.7 Å². The molecule has 2 aromatic carbocycles. The highest BCUT2D eigenvalue weighted by molar-refractivity contribution is 5.90. The lowest BCUT2D eigenvalue weighted by Crippen LogP contribution is -2.44. The Bertz CT molecular complexity index is 1300. The van der Waals surface area contributed by atoms with Gasteiger partial charge in [0.25, 0.3) is 0 Å². The van der Waals surface area contributed by atoms with E-state index in [1.807, 2.05) is 30.5 Å². The number of para-hydroxylation sites is 1. The second kappa shape index (κ2) is 8.70. The minimum atomic E-state index is -0.387. The summed E-state index contributed by atoms with van der Waals surface area (Å²) < 4.78 is 4.74. The Labute approximate surface area is 190 Å². The van der Waals surface area contributed by atoms with E-state index < -0.39 is 0 Å².